The van der Waals surface area contributed by atoms with Crippen molar-refractivity contribution in [2.45, 2.75) is 78.6 Å². The fourth-order valence-electron chi connectivity index (χ4n) is 3.40. The van der Waals surface area contributed by atoms with Crippen LogP contribution in [0.1, 0.15) is 53.4 Å². The fourth-order valence-corrected chi connectivity index (χ4v) is 4.95. The van der Waals surface area contributed by atoms with Gasteiger partial charge in [0.05, 0.1) is 5.60 Å². The van der Waals surface area contributed by atoms with Gasteiger partial charge in [0, 0.05) is 0 Å². The van der Waals surface area contributed by atoms with Crippen LogP contribution in [-0.4, -0.2) is 13.9 Å². The van der Waals surface area contributed by atoms with Crippen LogP contribution in [0.4, 0.5) is 0 Å². The Morgan fingerprint density at radius 2 is 1.95 bits per heavy atom. The first-order valence-corrected chi connectivity index (χ1v) is 11.6. The molecule has 0 fully saturated rings. The minimum Gasteiger partial charge on any atom is -0.409 e. The summed E-state index contributed by atoms with van der Waals surface area (Å²) in [7, 11) is -1.58. The first kappa shape index (κ1) is 18.4. The number of allylic oxidation sites excluding steroid dienone is 3. The predicted octanol–water partition coefficient (Wildman–Crippen LogP) is 6.26. The van der Waals surface area contributed by atoms with Crippen LogP contribution in [0.5, 0.6) is 0 Å². The molecule has 0 saturated heterocycles. The van der Waals surface area contributed by atoms with E-state index in [1.54, 1.807) is 0 Å². The third-order valence-corrected chi connectivity index (χ3v) is 5.31. The highest BCUT2D eigenvalue weighted by molar-refractivity contribution is 6.69. The fraction of sp³-hybridized carbons (Fsp3) is 0.684. The summed E-state index contributed by atoms with van der Waals surface area (Å²) >= 11 is 0. The van der Waals surface area contributed by atoms with E-state index in [0.29, 0.717) is 0 Å². The minimum absolute atomic E-state index is 0.229. The summed E-state index contributed by atoms with van der Waals surface area (Å²) in [6.07, 6.45) is 11.3. The van der Waals surface area contributed by atoms with Gasteiger partial charge in [-0.3, -0.25) is 0 Å². The van der Waals surface area contributed by atoms with Crippen LogP contribution in [0.25, 0.3) is 0 Å². The van der Waals surface area contributed by atoms with E-state index in [1.165, 1.54) is 30.4 Å². The molecule has 120 valence electrons. The van der Waals surface area contributed by atoms with Crippen LogP contribution < -0.4 is 0 Å². The van der Waals surface area contributed by atoms with Gasteiger partial charge in [-0.1, -0.05) is 37.6 Å². The molecule has 0 aromatic heterocycles. The lowest BCUT2D eigenvalue weighted by Crippen LogP contribution is -2.39. The Morgan fingerprint density at radius 3 is 2.43 bits per heavy atom. The van der Waals surface area contributed by atoms with Crippen LogP contribution in [0.3, 0.4) is 0 Å². The van der Waals surface area contributed by atoms with E-state index in [0.717, 1.165) is 6.42 Å². The van der Waals surface area contributed by atoms with E-state index >= 15 is 0 Å². The Hall–Kier alpha value is -0.603. The standard InChI is InChI=1S/C19H34OSi/c1-9-13-19(5,20-21(6,7)8)15-12-17-16(2)11-10-14-18(17,3)4/h9,12,15H,1,10-11,13-14H2,2-8H3/b15-12+. The van der Waals surface area contributed by atoms with Gasteiger partial charge in [-0.25, -0.2) is 0 Å². The molecule has 1 nitrogen and oxygen atoms in total. The van der Waals surface area contributed by atoms with Crippen molar-refractivity contribution in [3.63, 3.8) is 0 Å². The van der Waals surface area contributed by atoms with Crippen LogP contribution in [0, 0.1) is 5.41 Å². The van der Waals surface area contributed by atoms with Crippen molar-refractivity contribution in [3.05, 3.63) is 36.0 Å². The Morgan fingerprint density at radius 1 is 1.33 bits per heavy atom. The van der Waals surface area contributed by atoms with Gasteiger partial charge in [-0.05, 0) is 70.2 Å². The summed E-state index contributed by atoms with van der Waals surface area (Å²) in [5.41, 5.74) is 3.10. The van der Waals surface area contributed by atoms with Crippen molar-refractivity contribution in [2.75, 3.05) is 0 Å². The molecule has 0 saturated carbocycles. The van der Waals surface area contributed by atoms with Gasteiger partial charge >= 0.3 is 0 Å². The van der Waals surface area contributed by atoms with E-state index < -0.39 is 8.32 Å². The lowest BCUT2D eigenvalue weighted by atomic mass is 9.72. The van der Waals surface area contributed by atoms with E-state index in [1.807, 2.05) is 6.08 Å². The third kappa shape index (κ3) is 5.59. The zero-order chi connectivity index (χ0) is 16.3. The highest BCUT2D eigenvalue weighted by Crippen LogP contribution is 2.41. The summed E-state index contributed by atoms with van der Waals surface area (Å²) in [6, 6.07) is 0. The van der Waals surface area contributed by atoms with Gasteiger partial charge in [-0.2, -0.15) is 0 Å². The molecule has 1 atom stereocenters. The molecule has 0 bridgehead atoms. The second-order valence-electron chi connectivity index (χ2n) is 8.28. The highest BCUT2D eigenvalue weighted by atomic mass is 28.4. The lowest BCUT2D eigenvalue weighted by molar-refractivity contribution is 0.136. The maximum absolute atomic E-state index is 6.42. The van der Waals surface area contributed by atoms with Crippen molar-refractivity contribution in [1.82, 2.24) is 0 Å². The molecule has 0 heterocycles. The van der Waals surface area contributed by atoms with Crippen molar-refractivity contribution in [2.24, 2.45) is 5.41 Å². The summed E-state index contributed by atoms with van der Waals surface area (Å²) in [4.78, 5) is 0. The SMILES string of the molecule is C=CCC(C)(/C=C/C1=C(C)CCCC1(C)C)O[Si](C)(C)C. The van der Waals surface area contributed by atoms with Gasteiger partial charge in [0.15, 0.2) is 8.32 Å². The molecule has 2 heteroatoms. The summed E-state index contributed by atoms with van der Waals surface area (Å²) in [5.74, 6) is 0. The smallest absolute Gasteiger partial charge is 0.184 e. The largest absolute Gasteiger partial charge is 0.409 e. The maximum atomic E-state index is 6.42. The summed E-state index contributed by atoms with van der Waals surface area (Å²) in [6.45, 7) is 19.8. The Balaban J connectivity index is 3.05. The normalized spacial score (nSPS) is 22.4. The molecule has 0 spiro atoms. The maximum Gasteiger partial charge on any atom is 0.184 e. The molecule has 0 aromatic carbocycles. The van der Waals surface area contributed by atoms with E-state index in [4.69, 9.17) is 4.43 Å². The van der Waals surface area contributed by atoms with Crippen molar-refractivity contribution < 1.29 is 4.43 Å². The van der Waals surface area contributed by atoms with Gasteiger partial charge in [0.25, 0.3) is 0 Å². The monoisotopic (exact) mass is 306 g/mol. The molecule has 1 unspecified atom stereocenters. The first-order valence-electron chi connectivity index (χ1n) is 8.20. The number of rotatable bonds is 6. The molecule has 0 aromatic rings. The van der Waals surface area contributed by atoms with Gasteiger partial charge in [0.2, 0.25) is 0 Å². The molecular weight excluding hydrogens is 272 g/mol. The van der Waals surface area contributed by atoms with Crippen LogP contribution in [-0.2, 0) is 4.43 Å². The zero-order valence-electron chi connectivity index (χ0n) is 15.2. The second-order valence-corrected chi connectivity index (χ2v) is 12.7. The van der Waals surface area contributed by atoms with Crippen LogP contribution in [0.15, 0.2) is 36.0 Å². The molecule has 0 radical (unpaired) electrons. The molecule has 0 amide bonds. The molecule has 1 aliphatic carbocycles. The minimum atomic E-state index is -1.58. The average Bonchev–Trinajstić information content (AvgIpc) is 2.24. The van der Waals surface area contributed by atoms with Crippen LogP contribution >= 0.6 is 0 Å². The third-order valence-electron chi connectivity index (χ3n) is 4.23. The Kier molecular flexibility index (Phi) is 5.85. The average molecular weight is 307 g/mol. The van der Waals surface area contributed by atoms with Gasteiger partial charge in [0.1, 0.15) is 0 Å². The van der Waals surface area contributed by atoms with E-state index in [2.05, 4.69) is 66.1 Å². The summed E-state index contributed by atoms with van der Waals surface area (Å²) in [5, 5.41) is 0. The highest BCUT2D eigenvalue weighted by Gasteiger charge is 2.30. The van der Waals surface area contributed by atoms with Crippen molar-refractivity contribution in [3.8, 4) is 0 Å². The van der Waals surface area contributed by atoms with Crippen LogP contribution in [0.2, 0.25) is 19.6 Å². The summed E-state index contributed by atoms with van der Waals surface area (Å²) < 4.78 is 6.42. The molecule has 1 rings (SSSR count). The number of hydrogen-bond donors (Lipinski definition) is 0. The van der Waals surface area contributed by atoms with Crippen molar-refractivity contribution in [1.29, 1.82) is 0 Å². The Bertz CT molecular complexity index is 437. The van der Waals surface area contributed by atoms with Gasteiger partial charge < -0.3 is 4.43 Å². The molecular formula is C19H34OSi. The second kappa shape index (κ2) is 6.66. The zero-order valence-corrected chi connectivity index (χ0v) is 16.2. The Labute approximate surface area is 133 Å². The molecule has 0 aliphatic heterocycles. The predicted molar refractivity (Wildman–Crippen MR) is 97.1 cm³/mol. The van der Waals surface area contributed by atoms with Gasteiger partial charge in [-0.15, -0.1) is 6.58 Å². The van der Waals surface area contributed by atoms with Crippen molar-refractivity contribution >= 4 is 8.32 Å². The first-order chi connectivity index (χ1) is 9.49. The number of hydrogen-bond acceptors (Lipinski definition) is 1. The lowest BCUT2D eigenvalue weighted by Gasteiger charge is -2.36. The quantitative estimate of drug-likeness (QED) is 0.416. The topological polar surface area (TPSA) is 9.23 Å². The molecule has 21 heavy (non-hydrogen) atoms. The molecule has 1 aliphatic rings. The van der Waals surface area contributed by atoms with E-state index in [9.17, 15) is 0 Å². The van der Waals surface area contributed by atoms with E-state index in [-0.39, 0.29) is 11.0 Å². The molecule has 0 N–H and O–H groups in total.